The molecule has 0 aliphatic carbocycles. The zero-order valence-electron chi connectivity index (χ0n) is 12.6. The maximum absolute atomic E-state index is 8.87. The van der Waals surface area contributed by atoms with E-state index in [1.54, 1.807) is 0 Å². The van der Waals surface area contributed by atoms with Crippen LogP contribution in [0.2, 0.25) is 0 Å². The van der Waals surface area contributed by atoms with E-state index in [4.69, 9.17) is 15.7 Å². The Morgan fingerprint density at radius 3 is 2.50 bits per heavy atom. The summed E-state index contributed by atoms with van der Waals surface area (Å²) >= 11 is 0. The Morgan fingerprint density at radius 2 is 1.95 bits per heavy atom. The highest BCUT2D eigenvalue weighted by Gasteiger charge is 2.16. The zero-order chi connectivity index (χ0) is 15.1. The van der Waals surface area contributed by atoms with E-state index in [2.05, 4.69) is 34.1 Å². The third-order valence-corrected chi connectivity index (χ3v) is 3.33. The maximum atomic E-state index is 8.87. The minimum absolute atomic E-state index is 0.0154. The van der Waals surface area contributed by atoms with Crippen molar-refractivity contribution in [3.8, 4) is 5.88 Å². The number of nitrogens with two attached hydrogens (primary N) is 1. The number of aromatic nitrogens is 2. The molecule has 3 N–H and O–H groups in total. The van der Waals surface area contributed by atoms with Crippen molar-refractivity contribution in [2.75, 3.05) is 26.2 Å². The van der Waals surface area contributed by atoms with Crippen LogP contribution in [0.25, 0.3) is 0 Å². The van der Waals surface area contributed by atoms with E-state index in [1.807, 2.05) is 13.8 Å². The van der Waals surface area contributed by atoms with Crippen LogP contribution >= 0.6 is 0 Å². The first kappa shape index (κ1) is 16.2. The molecule has 0 unspecified atom stereocenters. The molecule has 0 amide bonds. The zero-order valence-corrected chi connectivity index (χ0v) is 12.6. The summed E-state index contributed by atoms with van der Waals surface area (Å²) < 4.78 is 5.64. The molecule has 20 heavy (non-hydrogen) atoms. The smallest absolute Gasteiger partial charge is 0.244 e. The molecule has 0 spiro atoms. The number of likely N-dealkylation sites (N-methyl/N-ethyl adjacent to an activating group) is 1. The highest BCUT2D eigenvalue weighted by Crippen LogP contribution is 2.20. The predicted octanol–water partition coefficient (Wildman–Crippen LogP) is 0.909. The van der Waals surface area contributed by atoms with E-state index in [0.717, 1.165) is 30.9 Å². The third kappa shape index (κ3) is 3.80. The molecule has 0 saturated heterocycles. The molecule has 0 bridgehead atoms. The lowest BCUT2D eigenvalue weighted by Gasteiger charge is -2.18. The van der Waals surface area contributed by atoms with Gasteiger partial charge in [0.2, 0.25) is 5.88 Å². The van der Waals surface area contributed by atoms with E-state index in [9.17, 15) is 0 Å². The Kier molecular flexibility index (Phi) is 6.17. The fraction of sp³-hybridized carbons (Fsp3) is 0.615. The van der Waals surface area contributed by atoms with Crippen LogP contribution in [-0.4, -0.2) is 52.4 Å². The van der Waals surface area contributed by atoms with Gasteiger partial charge >= 0.3 is 0 Å². The van der Waals surface area contributed by atoms with E-state index in [1.165, 1.54) is 0 Å². The van der Waals surface area contributed by atoms with Crippen LogP contribution in [0, 0.1) is 13.8 Å². The lowest BCUT2D eigenvalue weighted by Crippen LogP contribution is -2.28. The van der Waals surface area contributed by atoms with Gasteiger partial charge in [-0.25, -0.2) is 0 Å². The molecular weight excluding hydrogens is 258 g/mol. The van der Waals surface area contributed by atoms with Crippen molar-refractivity contribution in [3.05, 3.63) is 16.8 Å². The van der Waals surface area contributed by atoms with Crippen molar-refractivity contribution in [2.24, 2.45) is 10.9 Å². The minimum atomic E-state index is -0.0154. The molecule has 0 aliphatic heterocycles. The van der Waals surface area contributed by atoms with Gasteiger partial charge in [-0.1, -0.05) is 19.0 Å². The van der Waals surface area contributed by atoms with Crippen molar-refractivity contribution in [1.82, 2.24) is 15.1 Å². The first-order chi connectivity index (χ1) is 9.54. The second kappa shape index (κ2) is 7.64. The molecule has 0 aromatic carbocycles. The van der Waals surface area contributed by atoms with E-state index in [0.29, 0.717) is 18.1 Å². The average molecular weight is 281 g/mol. The molecule has 0 atom stereocenters. The van der Waals surface area contributed by atoms with E-state index < -0.39 is 0 Å². The van der Waals surface area contributed by atoms with Gasteiger partial charge in [0.15, 0.2) is 5.84 Å². The third-order valence-electron chi connectivity index (χ3n) is 3.33. The summed E-state index contributed by atoms with van der Waals surface area (Å²) in [5.41, 5.74) is 7.71. The number of hydrogen-bond donors (Lipinski definition) is 2. The molecule has 0 saturated carbocycles. The summed E-state index contributed by atoms with van der Waals surface area (Å²) in [4.78, 5) is 2.23. The minimum Gasteiger partial charge on any atom is -0.475 e. The number of ether oxygens (including phenoxy) is 1. The Bertz CT molecular complexity index is 472. The summed E-state index contributed by atoms with van der Waals surface area (Å²) in [5.74, 6) is 0.286. The van der Waals surface area contributed by atoms with Crippen LogP contribution < -0.4 is 10.5 Å². The maximum Gasteiger partial charge on any atom is 0.244 e. The molecule has 7 nitrogen and oxygen atoms in total. The molecule has 7 heteroatoms. The lowest BCUT2D eigenvalue weighted by molar-refractivity contribution is 0.216. The van der Waals surface area contributed by atoms with Crippen molar-refractivity contribution < 1.29 is 9.94 Å². The molecule has 0 aliphatic rings. The fourth-order valence-electron chi connectivity index (χ4n) is 1.85. The molecule has 112 valence electrons. The van der Waals surface area contributed by atoms with Crippen molar-refractivity contribution >= 4 is 5.84 Å². The monoisotopic (exact) mass is 281 g/mol. The van der Waals surface area contributed by atoms with E-state index >= 15 is 0 Å². The van der Waals surface area contributed by atoms with Crippen molar-refractivity contribution in [3.63, 3.8) is 0 Å². The van der Waals surface area contributed by atoms with Gasteiger partial charge in [-0.05, 0) is 32.5 Å². The molecule has 0 radical (unpaired) electrons. The van der Waals surface area contributed by atoms with E-state index in [-0.39, 0.29) is 5.84 Å². The number of aryl methyl sites for hydroxylation is 1. The first-order valence-electron chi connectivity index (χ1n) is 6.72. The number of rotatable bonds is 7. The summed E-state index contributed by atoms with van der Waals surface area (Å²) in [6, 6.07) is 0. The number of nitrogens with zero attached hydrogens (tertiary/aromatic N) is 4. The SMILES string of the molecule is CCN(CC)CCOc1nnc(C)c(C)c1/C(N)=N/O. The molecular formula is C13H23N5O2. The Hall–Kier alpha value is -1.89. The van der Waals surface area contributed by atoms with Crippen LogP contribution in [0.4, 0.5) is 0 Å². The van der Waals surface area contributed by atoms with Gasteiger partial charge < -0.3 is 20.6 Å². The van der Waals surface area contributed by atoms with Gasteiger partial charge in [0.05, 0.1) is 11.3 Å². The van der Waals surface area contributed by atoms with Crippen LogP contribution in [0.3, 0.4) is 0 Å². The topological polar surface area (TPSA) is 96.9 Å². The number of oxime groups is 1. The first-order valence-corrected chi connectivity index (χ1v) is 6.72. The van der Waals surface area contributed by atoms with Crippen molar-refractivity contribution in [1.29, 1.82) is 0 Å². The highest BCUT2D eigenvalue weighted by molar-refractivity contribution is 6.00. The van der Waals surface area contributed by atoms with Crippen LogP contribution in [-0.2, 0) is 0 Å². The fourth-order valence-corrected chi connectivity index (χ4v) is 1.85. The second-order valence-electron chi connectivity index (χ2n) is 4.45. The second-order valence-corrected chi connectivity index (χ2v) is 4.45. The predicted molar refractivity (Wildman–Crippen MR) is 77.3 cm³/mol. The summed E-state index contributed by atoms with van der Waals surface area (Å²) in [7, 11) is 0. The van der Waals surface area contributed by atoms with Crippen LogP contribution in [0.15, 0.2) is 5.16 Å². The molecule has 1 rings (SSSR count). The van der Waals surface area contributed by atoms with Crippen molar-refractivity contribution in [2.45, 2.75) is 27.7 Å². The molecule has 1 aromatic heterocycles. The van der Waals surface area contributed by atoms with Crippen LogP contribution in [0.1, 0.15) is 30.7 Å². The van der Waals surface area contributed by atoms with Gasteiger partial charge in [-0.3, -0.25) is 0 Å². The van der Waals surface area contributed by atoms with Gasteiger partial charge in [-0.2, -0.15) is 5.10 Å². The number of amidine groups is 1. The normalized spacial score (nSPS) is 11.9. The summed E-state index contributed by atoms with van der Waals surface area (Å²) in [5, 5.41) is 19.9. The molecule has 1 heterocycles. The van der Waals surface area contributed by atoms with Crippen LogP contribution in [0.5, 0.6) is 5.88 Å². The quantitative estimate of drug-likeness (QED) is 0.334. The van der Waals surface area contributed by atoms with Gasteiger partial charge in [-0.15, -0.1) is 5.10 Å². The molecule has 0 fully saturated rings. The Labute approximate surface area is 119 Å². The van der Waals surface area contributed by atoms with Gasteiger partial charge in [0.1, 0.15) is 6.61 Å². The molecule has 1 aromatic rings. The lowest BCUT2D eigenvalue weighted by atomic mass is 10.1. The standard InChI is InChI=1S/C13H23N5O2/c1-5-18(6-2)7-8-20-13-11(12(14)17-19)9(3)10(4)15-16-13/h19H,5-8H2,1-4H3,(H2,14,17). The summed E-state index contributed by atoms with van der Waals surface area (Å²) in [6.45, 7) is 11.0. The summed E-state index contributed by atoms with van der Waals surface area (Å²) in [6.07, 6.45) is 0. The largest absolute Gasteiger partial charge is 0.475 e. The average Bonchev–Trinajstić information content (AvgIpc) is 2.46. The Morgan fingerprint density at radius 1 is 1.30 bits per heavy atom. The Balaban J connectivity index is 2.87. The highest BCUT2D eigenvalue weighted by atomic mass is 16.5. The van der Waals surface area contributed by atoms with Gasteiger partial charge in [0, 0.05) is 6.54 Å². The number of hydrogen-bond acceptors (Lipinski definition) is 6. The van der Waals surface area contributed by atoms with Gasteiger partial charge in [0.25, 0.3) is 0 Å².